The fourth-order valence-corrected chi connectivity index (χ4v) is 4.19. The Morgan fingerprint density at radius 2 is 1.58 bits per heavy atom. The Balaban J connectivity index is 1.66. The molecule has 8 nitrogen and oxygen atoms in total. The molecule has 0 radical (unpaired) electrons. The van der Waals surface area contributed by atoms with Gasteiger partial charge in [0.15, 0.2) is 0 Å². The first-order chi connectivity index (χ1) is 14.6. The second kappa shape index (κ2) is 9.21. The Hall–Kier alpha value is -2.69. The molecule has 0 saturated carbocycles. The molecule has 2 aromatic rings. The highest BCUT2D eigenvalue weighted by Crippen LogP contribution is 2.24. The molecule has 1 aliphatic rings. The predicted molar refractivity (Wildman–Crippen MR) is 115 cm³/mol. The van der Waals surface area contributed by atoms with Gasteiger partial charge in [0.25, 0.3) is 5.91 Å². The van der Waals surface area contributed by atoms with Crippen molar-refractivity contribution in [1.82, 2.24) is 14.1 Å². The number of nitrogens with one attached hydrogen (secondary N) is 1. The topological polar surface area (TPSA) is 90.0 Å². The van der Waals surface area contributed by atoms with Crippen LogP contribution < -0.4 is 5.32 Å². The summed E-state index contributed by atoms with van der Waals surface area (Å²) in [7, 11) is -0.905. The van der Waals surface area contributed by atoms with E-state index in [0.29, 0.717) is 5.69 Å². The molecular formula is C20H22ClFN4O4S. The summed E-state index contributed by atoms with van der Waals surface area (Å²) in [5.74, 6) is -0.800. The highest BCUT2D eigenvalue weighted by atomic mass is 35.5. The number of carbonyl (C=O) groups excluding carboxylic acids is 2. The van der Waals surface area contributed by atoms with Gasteiger partial charge in [-0.15, -0.1) is 0 Å². The summed E-state index contributed by atoms with van der Waals surface area (Å²) in [6.07, 6.45) is 0. The highest BCUT2D eigenvalue weighted by molar-refractivity contribution is 7.89. The van der Waals surface area contributed by atoms with Crippen molar-refractivity contribution in [2.24, 2.45) is 0 Å². The third-order valence-electron chi connectivity index (χ3n) is 4.90. The second-order valence-corrected chi connectivity index (χ2v) is 9.70. The number of anilines is 1. The largest absolute Gasteiger partial charge is 0.335 e. The van der Waals surface area contributed by atoms with Gasteiger partial charge in [0.2, 0.25) is 10.0 Å². The van der Waals surface area contributed by atoms with Crippen LogP contribution in [0.3, 0.4) is 0 Å². The molecular weight excluding hydrogens is 447 g/mol. The van der Waals surface area contributed by atoms with E-state index in [2.05, 4.69) is 5.32 Å². The van der Waals surface area contributed by atoms with Gasteiger partial charge >= 0.3 is 6.03 Å². The number of hydrogen-bond donors (Lipinski definition) is 1. The number of hydrogen-bond acceptors (Lipinski definition) is 4. The number of piperazine rings is 1. The molecule has 166 valence electrons. The number of amides is 3. The number of benzene rings is 2. The fourth-order valence-electron chi connectivity index (χ4n) is 3.06. The molecule has 0 aromatic heterocycles. The minimum atomic E-state index is -3.71. The van der Waals surface area contributed by atoms with Crippen LogP contribution in [0.15, 0.2) is 47.4 Å². The van der Waals surface area contributed by atoms with Crippen molar-refractivity contribution in [3.8, 4) is 0 Å². The molecule has 1 heterocycles. The molecule has 2 aromatic carbocycles. The van der Waals surface area contributed by atoms with Crippen molar-refractivity contribution in [2.45, 2.75) is 4.90 Å². The molecule has 3 amide bonds. The first kappa shape index (κ1) is 23.0. The van der Waals surface area contributed by atoms with Crippen molar-refractivity contribution < 1.29 is 22.4 Å². The van der Waals surface area contributed by atoms with E-state index >= 15 is 0 Å². The van der Waals surface area contributed by atoms with Gasteiger partial charge in [0, 0.05) is 46.0 Å². The van der Waals surface area contributed by atoms with Gasteiger partial charge in [0.1, 0.15) is 5.82 Å². The molecule has 11 heteroatoms. The quantitative estimate of drug-likeness (QED) is 0.747. The van der Waals surface area contributed by atoms with E-state index in [1.54, 1.807) is 4.90 Å². The van der Waals surface area contributed by atoms with Gasteiger partial charge in [0.05, 0.1) is 15.5 Å². The molecule has 3 rings (SSSR count). The lowest BCUT2D eigenvalue weighted by Gasteiger charge is -2.35. The van der Waals surface area contributed by atoms with Crippen molar-refractivity contribution in [3.63, 3.8) is 0 Å². The SMILES string of the molecule is CN(C)S(=O)(=O)c1ccc(Cl)c(C(=O)N2CCN(C(=O)Nc3ccc(F)cc3)CC2)c1. The molecule has 0 bridgehead atoms. The summed E-state index contributed by atoms with van der Waals surface area (Å²) in [4.78, 5) is 28.4. The average Bonchev–Trinajstić information content (AvgIpc) is 2.75. The van der Waals surface area contributed by atoms with Crippen LogP contribution in [0.1, 0.15) is 10.4 Å². The zero-order valence-electron chi connectivity index (χ0n) is 17.0. The van der Waals surface area contributed by atoms with Gasteiger partial charge in [-0.05, 0) is 42.5 Å². The second-order valence-electron chi connectivity index (χ2n) is 7.15. The normalized spacial score (nSPS) is 14.6. The van der Waals surface area contributed by atoms with Crippen LogP contribution in [0.5, 0.6) is 0 Å². The lowest BCUT2D eigenvalue weighted by Crippen LogP contribution is -2.51. The molecule has 1 saturated heterocycles. The van der Waals surface area contributed by atoms with E-state index < -0.39 is 21.7 Å². The smallest absolute Gasteiger partial charge is 0.321 e. The number of urea groups is 1. The van der Waals surface area contributed by atoms with Crippen LogP contribution >= 0.6 is 11.6 Å². The van der Waals surface area contributed by atoms with E-state index in [-0.39, 0.29) is 47.7 Å². The van der Waals surface area contributed by atoms with Crippen LogP contribution in [0.2, 0.25) is 5.02 Å². The zero-order valence-corrected chi connectivity index (χ0v) is 18.6. The summed E-state index contributed by atoms with van der Waals surface area (Å²) < 4.78 is 38.8. The first-order valence-corrected chi connectivity index (χ1v) is 11.2. The molecule has 0 spiro atoms. The van der Waals surface area contributed by atoms with Crippen LogP contribution in [-0.4, -0.2) is 74.7 Å². The van der Waals surface area contributed by atoms with Gasteiger partial charge in [-0.2, -0.15) is 0 Å². The molecule has 1 fully saturated rings. The lowest BCUT2D eigenvalue weighted by atomic mass is 10.2. The third kappa shape index (κ3) is 5.15. The van der Waals surface area contributed by atoms with Gasteiger partial charge in [-0.3, -0.25) is 4.79 Å². The number of sulfonamides is 1. The van der Waals surface area contributed by atoms with Crippen molar-refractivity contribution in [3.05, 3.63) is 58.9 Å². The summed E-state index contributed by atoms with van der Waals surface area (Å²) in [5.41, 5.74) is 0.560. The maximum absolute atomic E-state index is 13.0. The number of halogens is 2. The molecule has 1 N–H and O–H groups in total. The Bertz CT molecular complexity index is 1080. The van der Waals surface area contributed by atoms with E-state index in [1.807, 2.05) is 0 Å². The minimum Gasteiger partial charge on any atom is -0.335 e. The third-order valence-corrected chi connectivity index (χ3v) is 7.04. The summed E-state index contributed by atoms with van der Waals surface area (Å²) >= 11 is 6.16. The van der Waals surface area contributed by atoms with Crippen LogP contribution in [0.4, 0.5) is 14.9 Å². The minimum absolute atomic E-state index is 0.0254. The monoisotopic (exact) mass is 468 g/mol. The van der Waals surface area contributed by atoms with Crippen molar-refractivity contribution >= 4 is 39.2 Å². The van der Waals surface area contributed by atoms with Gasteiger partial charge in [-0.1, -0.05) is 11.6 Å². The Morgan fingerprint density at radius 1 is 1.00 bits per heavy atom. The Labute approximate surface area is 185 Å². The average molecular weight is 469 g/mol. The number of rotatable bonds is 4. The van der Waals surface area contributed by atoms with E-state index in [4.69, 9.17) is 11.6 Å². The Morgan fingerprint density at radius 3 is 2.16 bits per heavy atom. The van der Waals surface area contributed by atoms with Crippen LogP contribution in [-0.2, 0) is 10.0 Å². The van der Waals surface area contributed by atoms with Crippen LogP contribution in [0, 0.1) is 5.82 Å². The fraction of sp³-hybridized carbons (Fsp3) is 0.300. The van der Waals surface area contributed by atoms with Crippen LogP contribution in [0.25, 0.3) is 0 Å². The van der Waals surface area contributed by atoms with Gasteiger partial charge < -0.3 is 15.1 Å². The lowest BCUT2D eigenvalue weighted by molar-refractivity contribution is 0.0671. The molecule has 0 aliphatic carbocycles. The standard InChI is InChI=1S/C20H22ClFN4O4S/c1-24(2)31(29,30)16-7-8-18(21)17(13-16)19(27)25-9-11-26(12-10-25)20(28)23-15-5-3-14(22)4-6-15/h3-8,13H,9-12H2,1-2H3,(H,23,28). The first-order valence-electron chi connectivity index (χ1n) is 9.42. The maximum Gasteiger partial charge on any atom is 0.321 e. The van der Waals surface area contributed by atoms with E-state index in [9.17, 15) is 22.4 Å². The zero-order chi connectivity index (χ0) is 22.8. The van der Waals surface area contributed by atoms with E-state index in [0.717, 1.165) is 4.31 Å². The highest BCUT2D eigenvalue weighted by Gasteiger charge is 2.27. The van der Waals surface area contributed by atoms with E-state index in [1.165, 1.54) is 61.5 Å². The summed E-state index contributed by atoms with van der Waals surface area (Å²) in [5, 5.41) is 2.83. The van der Waals surface area contributed by atoms with Gasteiger partial charge in [-0.25, -0.2) is 21.9 Å². The predicted octanol–water partition coefficient (Wildman–Crippen LogP) is 2.72. The number of carbonyl (C=O) groups is 2. The van der Waals surface area contributed by atoms with Crippen molar-refractivity contribution in [1.29, 1.82) is 0 Å². The van der Waals surface area contributed by atoms with Crippen molar-refractivity contribution in [2.75, 3.05) is 45.6 Å². The Kier molecular flexibility index (Phi) is 6.83. The molecule has 0 atom stereocenters. The molecule has 1 aliphatic heterocycles. The summed E-state index contributed by atoms with van der Waals surface area (Å²) in [6.45, 7) is 1.09. The maximum atomic E-state index is 13.0. The summed E-state index contributed by atoms with van der Waals surface area (Å²) in [6, 6.07) is 9.09. The number of nitrogens with zero attached hydrogens (tertiary/aromatic N) is 3. The molecule has 31 heavy (non-hydrogen) atoms. The molecule has 0 unspecified atom stereocenters.